The highest BCUT2D eigenvalue weighted by atomic mass is 79.9. The van der Waals surface area contributed by atoms with Crippen molar-refractivity contribution in [1.82, 2.24) is 0 Å². The quantitative estimate of drug-likeness (QED) is 0.645. The van der Waals surface area contributed by atoms with Gasteiger partial charge in [0.05, 0.1) is 6.54 Å². The molecule has 0 bridgehead atoms. The maximum Gasteiger partial charge on any atom is 0.158 e. The summed E-state index contributed by atoms with van der Waals surface area (Å²) in [5, 5.41) is 2.20. The Morgan fingerprint density at radius 1 is 0.913 bits per heavy atom. The molecule has 0 fully saturated rings. The lowest BCUT2D eigenvalue weighted by atomic mass is 10.1. The van der Waals surface area contributed by atoms with Crippen molar-refractivity contribution in [2.24, 2.45) is 0 Å². The van der Waals surface area contributed by atoms with Crippen LogP contribution in [0, 0.1) is 5.82 Å². The van der Waals surface area contributed by atoms with Crippen molar-refractivity contribution in [1.29, 1.82) is 0 Å². The summed E-state index contributed by atoms with van der Waals surface area (Å²) in [5.41, 5.74) is 2.23. The van der Waals surface area contributed by atoms with Crippen molar-refractivity contribution in [2.75, 3.05) is 6.54 Å². The van der Waals surface area contributed by atoms with E-state index in [9.17, 15) is 4.39 Å². The summed E-state index contributed by atoms with van der Waals surface area (Å²) in [5.74, 6) is 1.66. The van der Waals surface area contributed by atoms with Crippen LogP contribution in [0.1, 0.15) is 11.3 Å². The first-order valence-corrected chi connectivity index (χ1v) is 8.41. The van der Waals surface area contributed by atoms with Gasteiger partial charge >= 0.3 is 0 Å². The Bertz CT molecular complexity index is 750. The van der Waals surface area contributed by atoms with Crippen LogP contribution in [0.4, 0.5) is 4.39 Å². The second-order valence-corrected chi connectivity index (χ2v) is 6.35. The highest BCUT2D eigenvalue weighted by Crippen LogP contribution is 2.23. The molecule has 1 heterocycles. The molecule has 2 nitrogen and oxygen atoms in total. The molecule has 0 saturated carbocycles. The van der Waals surface area contributed by atoms with E-state index in [1.807, 2.05) is 48.5 Å². The average Bonchev–Trinajstić information content (AvgIpc) is 3.03. The summed E-state index contributed by atoms with van der Waals surface area (Å²) in [7, 11) is 0. The van der Waals surface area contributed by atoms with Gasteiger partial charge in [0.1, 0.15) is 18.1 Å². The van der Waals surface area contributed by atoms with E-state index < -0.39 is 0 Å². The molecule has 0 amide bonds. The van der Waals surface area contributed by atoms with Crippen LogP contribution in [0.2, 0.25) is 0 Å². The fraction of sp³-hybridized carbons (Fsp3) is 0.158. The van der Waals surface area contributed by atoms with Crippen LogP contribution < -0.4 is 5.32 Å². The predicted octanol–water partition coefficient (Wildman–Crippen LogP) is 4.15. The fourth-order valence-electron chi connectivity index (χ4n) is 2.42. The van der Waals surface area contributed by atoms with Crippen molar-refractivity contribution in [2.45, 2.75) is 13.0 Å². The summed E-state index contributed by atoms with van der Waals surface area (Å²) < 4.78 is 19.8. The zero-order valence-electron chi connectivity index (χ0n) is 12.6. The van der Waals surface area contributed by atoms with E-state index in [1.165, 1.54) is 12.1 Å². The topological polar surface area (TPSA) is 29.8 Å². The maximum absolute atomic E-state index is 12.8. The second kappa shape index (κ2) is 7.57. The van der Waals surface area contributed by atoms with E-state index in [0.29, 0.717) is 0 Å². The number of quaternary nitrogens is 1. The summed E-state index contributed by atoms with van der Waals surface area (Å²) in [6.45, 7) is 1.75. The molecule has 3 aromatic rings. The van der Waals surface area contributed by atoms with Gasteiger partial charge in [-0.3, -0.25) is 0 Å². The van der Waals surface area contributed by atoms with Gasteiger partial charge < -0.3 is 9.73 Å². The Hall–Kier alpha value is -1.91. The number of benzene rings is 2. The molecule has 3 rings (SSSR count). The zero-order valence-corrected chi connectivity index (χ0v) is 14.2. The molecule has 2 N–H and O–H groups in total. The first-order chi connectivity index (χ1) is 11.2. The van der Waals surface area contributed by atoms with Gasteiger partial charge in [0, 0.05) is 16.5 Å². The maximum atomic E-state index is 12.8. The lowest BCUT2D eigenvalue weighted by molar-refractivity contribution is -0.671. The van der Waals surface area contributed by atoms with Gasteiger partial charge in [0.2, 0.25) is 0 Å². The average molecular weight is 375 g/mol. The molecule has 0 aliphatic rings. The van der Waals surface area contributed by atoms with Crippen molar-refractivity contribution in [3.8, 4) is 11.3 Å². The highest BCUT2D eigenvalue weighted by Gasteiger charge is 2.06. The van der Waals surface area contributed by atoms with Crippen LogP contribution in [-0.2, 0) is 13.0 Å². The third kappa shape index (κ3) is 4.53. The van der Waals surface area contributed by atoms with E-state index >= 15 is 0 Å². The van der Waals surface area contributed by atoms with Crippen LogP contribution in [0.3, 0.4) is 0 Å². The predicted molar refractivity (Wildman–Crippen MR) is 92.4 cm³/mol. The molecule has 118 valence electrons. The minimum absolute atomic E-state index is 0.186. The molecule has 1 aromatic heterocycles. The Morgan fingerprint density at radius 2 is 1.65 bits per heavy atom. The molecule has 0 aliphatic heterocycles. The van der Waals surface area contributed by atoms with E-state index in [4.69, 9.17) is 4.42 Å². The summed E-state index contributed by atoms with van der Waals surface area (Å²) >= 11 is 3.43. The number of hydrogen-bond donors (Lipinski definition) is 1. The van der Waals surface area contributed by atoms with Gasteiger partial charge in [-0.25, -0.2) is 4.39 Å². The molecule has 0 atom stereocenters. The molecule has 2 aromatic carbocycles. The SMILES string of the molecule is Fc1ccc(CC[NH2+]Cc2ccc(-c3ccc(Br)cc3)o2)cc1. The molecular weight excluding hydrogens is 357 g/mol. The lowest BCUT2D eigenvalue weighted by Gasteiger charge is -2.01. The fourth-order valence-corrected chi connectivity index (χ4v) is 2.69. The number of hydrogen-bond acceptors (Lipinski definition) is 1. The minimum atomic E-state index is -0.186. The van der Waals surface area contributed by atoms with Crippen LogP contribution in [0.25, 0.3) is 11.3 Å². The molecule has 0 spiro atoms. The van der Waals surface area contributed by atoms with E-state index in [1.54, 1.807) is 0 Å². The van der Waals surface area contributed by atoms with E-state index in [2.05, 4.69) is 21.2 Å². The Balaban J connectivity index is 1.49. The van der Waals surface area contributed by atoms with Gasteiger partial charge in [-0.2, -0.15) is 0 Å². The highest BCUT2D eigenvalue weighted by molar-refractivity contribution is 9.10. The summed E-state index contributed by atoms with van der Waals surface area (Å²) in [4.78, 5) is 0. The van der Waals surface area contributed by atoms with Crippen molar-refractivity contribution >= 4 is 15.9 Å². The molecule has 23 heavy (non-hydrogen) atoms. The van der Waals surface area contributed by atoms with Gasteiger partial charge in [-0.1, -0.05) is 40.2 Å². The molecule has 4 heteroatoms. The van der Waals surface area contributed by atoms with Crippen LogP contribution in [-0.4, -0.2) is 6.54 Å². The number of halogens is 2. The Kier molecular flexibility index (Phi) is 5.26. The van der Waals surface area contributed by atoms with Gasteiger partial charge in [0.15, 0.2) is 5.76 Å². The first kappa shape index (κ1) is 16.0. The van der Waals surface area contributed by atoms with Crippen LogP contribution >= 0.6 is 15.9 Å². The number of furan rings is 1. The normalized spacial score (nSPS) is 10.9. The summed E-state index contributed by atoms with van der Waals surface area (Å²) in [6.07, 6.45) is 0.917. The third-order valence-electron chi connectivity index (χ3n) is 3.69. The number of nitrogens with two attached hydrogens (primary N) is 1. The lowest BCUT2D eigenvalue weighted by Crippen LogP contribution is -2.83. The smallest absolute Gasteiger partial charge is 0.158 e. The van der Waals surface area contributed by atoms with Crippen LogP contribution in [0.15, 0.2) is 69.6 Å². The van der Waals surface area contributed by atoms with Gasteiger partial charge in [0.25, 0.3) is 0 Å². The van der Waals surface area contributed by atoms with Crippen LogP contribution in [0.5, 0.6) is 0 Å². The van der Waals surface area contributed by atoms with Gasteiger partial charge in [-0.15, -0.1) is 0 Å². The van der Waals surface area contributed by atoms with Crippen molar-refractivity contribution < 1.29 is 14.1 Å². The standard InChI is InChI=1S/C19H17BrFNO/c20-16-5-3-15(4-6-16)19-10-9-18(23-19)13-22-12-11-14-1-7-17(21)8-2-14/h1-10,22H,11-13H2/p+1. The minimum Gasteiger partial charge on any atom is -0.455 e. The number of rotatable bonds is 6. The molecule has 0 radical (unpaired) electrons. The second-order valence-electron chi connectivity index (χ2n) is 5.43. The van der Waals surface area contributed by atoms with E-state index in [-0.39, 0.29) is 5.82 Å². The van der Waals surface area contributed by atoms with Gasteiger partial charge in [-0.05, 0) is 42.0 Å². The zero-order chi connectivity index (χ0) is 16.1. The Morgan fingerprint density at radius 3 is 2.39 bits per heavy atom. The van der Waals surface area contributed by atoms with E-state index in [0.717, 1.165) is 46.6 Å². The van der Waals surface area contributed by atoms with Crippen molar-refractivity contribution in [3.05, 3.63) is 82.3 Å². The Labute approximate surface area is 143 Å². The largest absolute Gasteiger partial charge is 0.455 e. The molecule has 0 aliphatic carbocycles. The monoisotopic (exact) mass is 374 g/mol. The van der Waals surface area contributed by atoms with Crippen molar-refractivity contribution in [3.63, 3.8) is 0 Å². The molecular formula is C19H18BrFNO+. The molecule has 0 unspecified atom stereocenters. The summed E-state index contributed by atoms with van der Waals surface area (Å²) in [6, 6.07) is 18.8. The first-order valence-electron chi connectivity index (χ1n) is 7.61. The molecule has 0 saturated heterocycles. The third-order valence-corrected chi connectivity index (χ3v) is 4.21.